The number of nitrogen functional groups attached to an aromatic ring is 2. The average molecular weight is 561 g/mol. The predicted molar refractivity (Wildman–Crippen MR) is 143 cm³/mol. The van der Waals surface area contributed by atoms with Crippen molar-refractivity contribution in [2.24, 2.45) is 0 Å². The molecule has 0 amide bonds. The van der Waals surface area contributed by atoms with Crippen LogP contribution in [0.3, 0.4) is 0 Å². The second-order valence-corrected chi connectivity index (χ2v) is 9.59. The van der Waals surface area contributed by atoms with Crippen molar-refractivity contribution in [3.05, 3.63) is 94.0 Å². The SMILES string of the molecule is Cc1cc(-c2cc(C)c(Oc3ccc(N)cc3C(F)(F)F)c(C)c2)cc(C)c1Oc1ccc(N)cc1C(F)(F)F. The van der Waals surface area contributed by atoms with E-state index >= 15 is 0 Å². The highest BCUT2D eigenvalue weighted by molar-refractivity contribution is 5.71. The molecule has 0 saturated carbocycles. The topological polar surface area (TPSA) is 70.5 Å². The Morgan fingerprint density at radius 2 is 0.800 bits per heavy atom. The van der Waals surface area contributed by atoms with Crippen molar-refractivity contribution in [3.63, 3.8) is 0 Å². The third-order valence-corrected chi connectivity index (χ3v) is 6.30. The molecule has 40 heavy (non-hydrogen) atoms. The maximum Gasteiger partial charge on any atom is 0.420 e. The highest BCUT2D eigenvalue weighted by Gasteiger charge is 2.36. The van der Waals surface area contributed by atoms with Gasteiger partial charge in [-0.1, -0.05) is 0 Å². The number of rotatable bonds is 5. The Labute approximate surface area is 227 Å². The van der Waals surface area contributed by atoms with Crippen LogP contribution >= 0.6 is 0 Å². The van der Waals surface area contributed by atoms with Gasteiger partial charge in [-0.05, 0) is 122 Å². The molecule has 0 aromatic heterocycles. The number of halogens is 6. The summed E-state index contributed by atoms with van der Waals surface area (Å²) in [5, 5.41) is 0. The lowest BCUT2D eigenvalue weighted by atomic mass is 9.96. The van der Waals surface area contributed by atoms with E-state index in [1.54, 1.807) is 52.0 Å². The zero-order valence-corrected chi connectivity index (χ0v) is 22.0. The third-order valence-electron chi connectivity index (χ3n) is 6.30. The molecule has 0 saturated heterocycles. The molecule has 4 aromatic carbocycles. The monoisotopic (exact) mass is 560 g/mol. The number of benzene rings is 4. The first-order chi connectivity index (χ1) is 18.5. The van der Waals surface area contributed by atoms with E-state index in [0.717, 1.165) is 23.3 Å². The zero-order chi connectivity index (χ0) is 29.6. The molecule has 4 rings (SSSR count). The number of hydrogen-bond donors (Lipinski definition) is 2. The molecule has 0 spiro atoms. The molecule has 210 valence electrons. The Bertz CT molecular complexity index is 1430. The summed E-state index contributed by atoms with van der Waals surface area (Å²) in [4.78, 5) is 0. The summed E-state index contributed by atoms with van der Waals surface area (Å²) in [5.74, 6) is -0.185. The Hall–Kier alpha value is -4.34. The second kappa shape index (κ2) is 10.3. The molecule has 0 aliphatic carbocycles. The van der Waals surface area contributed by atoms with Gasteiger partial charge in [-0.3, -0.25) is 0 Å². The van der Waals surface area contributed by atoms with Crippen molar-refractivity contribution in [3.8, 4) is 34.1 Å². The number of anilines is 2. The van der Waals surface area contributed by atoms with Gasteiger partial charge < -0.3 is 20.9 Å². The second-order valence-electron chi connectivity index (χ2n) is 9.59. The van der Waals surface area contributed by atoms with E-state index in [2.05, 4.69) is 0 Å². The molecule has 4 nitrogen and oxygen atoms in total. The van der Waals surface area contributed by atoms with Crippen molar-refractivity contribution < 1.29 is 35.8 Å². The van der Waals surface area contributed by atoms with E-state index in [9.17, 15) is 26.3 Å². The van der Waals surface area contributed by atoms with Gasteiger partial charge >= 0.3 is 12.4 Å². The van der Waals surface area contributed by atoms with Gasteiger partial charge in [-0.25, -0.2) is 0 Å². The summed E-state index contributed by atoms with van der Waals surface area (Å²) in [6, 6.07) is 13.8. The molecule has 4 aromatic rings. The predicted octanol–water partition coefficient (Wildman–Crippen LogP) is 9.37. The van der Waals surface area contributed by atoms with E-state index in [-0.39, 0.29) is 34.4 Å². The molecule has 0 bridgehead atoms. The Balaban J connectivity index is 1.68. The van der Waals surface area contributed by atoms with Gasteiger partial charge in [-0.2, -0.15) is 26.3 Å². The summed E-state index contributed by atoms with van der Waals surface area (Å²) < 4.78 is 92.8. The smallest absolute Gasteiger partial charge is 0.420 e. The first-order valence-corrected chi connectivity index (χ1v) is 12.1. The standard InChI is InChI=1S/C30H26F6N2O2/c1-15-9-19(10-16(2)27(15)39-25-7-5-21(37)13-23(25)29(31,32)33)20-11-17(3)28(18(4)12-20)40-26-8-6-22(38)14-24(26)30(34,35)36/h5-14H,37-38H2,1-4H3. The minimum atomic E-state index is -4.65. The van der Waals surface area contributed by atoms with Crippen molar-refractivity contribution in [1.29, 1.82) is 0 Å². The molecule has 0 aliphatic rings. The summed E-state index contributed by atoms with van der Waals surface area (Å²) in [5.41, 5.74) is 12.9. The minimum Gasteiger partial charge on any atom is -0.456 e. The maximum absolute atomic E-state index is 13.6. The van der Waals surface area contributed by atoms with Crippen LogP contribution in [-0.2, 0) is 12.4 Å². The molecule has 0 unspecified atom stereocenters. The molecule has 0 aliphatic heterocycles. The fraction of sp³-hybridized carbons (Fsp3) is 0.200. The number of hydrogen-bond acceptors (Lipinski definition) is 4. The van der Waals surface area contributed by atoms with Gasteiger partial charge in [0.05, 0.1) is 0 Å². The zero-order valence-electron chi connectivity index (χ0n) is 22.0. The third kappa shape index (κ3) is 5.95. The Morgan fingerprint density at radius 3 is 1.07 bits per heavy atom. The molecular weight excluding hydrogens is 534 g/mol. The highest BCUT2D eigenvalue weighted by Crippen LogP contribution is 2.43. The average Bonchev–Trinajstić information content (AvgIpc) is 2.83. The van der Waals surface area contributed by atoms with Crippen LogP contribution in [0, 0.1) is 27.7 Å². The minimum absolute atomic E-state index is 0.0346. The van der Waals surface area contributed by atoms with Gasteiger partial charge in [0.1, 0.15) is 34.1 Å². The van der Waals surface area contributed by atoms with Gasteiger partial charge in [0.25, 0.3) is 0 Å². The van der Waals surface area contributed by atoms with Crippen LogP contribution in [0.5, 0.6) is 23.0 Å². The highest BCUT2D eigenvalue weighted by atomic mass is 19.4. The van der Waals surface area contributed by atoms with E-state index in [1.165, 1.54) is 24.3 Å². The Kier molecular flexibility index (Phi) is 7.40. The van der Waals surface area contributed by atoms with Gasteiger partial charge in [0.2, 0.25) is 0 Å². The Morgan fingerprint density at radius 1 is 0.500 bits per heavy atom. The normalized spacial score (nSPS) is 11.9. The number of ether oxygens (including phenoxy) is 2. The van der Waals surface area contributed by atoms with Crippen LogP contribution < -0.4 is 20.9 Å². The van der Waals surface area contributed by atoms with Crippen molar-refractivity contribution >= 4 is 11.4 Å². The maximum atomic E-state index is 13.6. The fourth-order valence-corrected chi connectivity index (χ4v) is 4.49. The molecule has 0 heterocycles. The lowest BCUT2D eigenvalue weighted by Crippen LogP contribution is -2.08. The summed E-state index contributed by atoms with van der Waals surface area (Å²) in [7, 11) is 0. The first kappa shape index (κ1) is 28.7. The van der Waals surface area contributed by atoms with Crippen LogP contribution in [-0.4, -0.2) is 0 Å². The lowest BCUT2D eigenvalue weighted by Gasteiger charge is -2.19. The molecule has 4 N–H and O–H groups in total. The lowest BCUT2D eigenvalue weighted by molar-refractivity contribution is -0.139. The largest absolute Gasteiger partial charge is 0.456 e. The van der Waals surface area contributed by atoms with Crippen LogP contribution in [0.1, 0.15) is 33.4 Å². The van der Waals surface area contributed by atoms with Crippen molar-refractivity contribution in [1.82, 2.24) is 0 Å². The number of nitrogens with two attached hydrogens (primary N) is 2. The van der Waals surface area contributed by atoms with Gasteiger partial charge in [-0.15, -0.1) is 0 Å². The first-order valence-electron chi connectivity index (χ1n) is 12.1. The van der Waals surface area contributed by atoms with Gasteiger partial charge in [0, 0.05) is 11.4 Å². The van der Waals surface area contributed by atoms with Crippen LogP contribution in [0.2, 0.25) is 0 Å². The molecular formula is C30H26F6N2O2. The van der Waals surface area contributed by atoms with Crippen LogP contribution in [0.15, 0.2) is 60.7 Å². The quantitative estimate of drug-likeness (QED) is 0.188. The van der Waals surface area contributed by atoms with Crippen molar-refractivity contribution in [2.75, 3.05) is 11.5 Å². The van der Waals surface area contributed by atoms with Crippen LogP contribution in [0.25, 0.3) is 11.1 Å². The fourth-order valence-electron chi connectivity index (χ4n) is 4.49. The van der Waals surface area contributed by atoms with E-state index in [1.807, 2.05) is 0 Å². The molecule has 0 radical (unpaired) electrons. The van der Waals surface area contributed by atoms with E-state index < -0.39 is 23.5 Å². The number of alkyl halides is 6. The summed E-state index contributed by atoms with van der Waals surface area (Å²) in [6.07, 6.45) is -9.31. The van der Waals surface area contributed by atoms with Crippen molar-refractivity contribution in [2.45, 2.75) is 40.0 Å². The summed E-state index contributed by atoms with van der Waals surface area (Å²) >= 11 is 0. The summed E-state index contributed by atoms with van der Waals surface area (Å²) in [6.45, 7) is 6.86. The van der Waals surface area contributed by atoms with Crippen LogP contribution in [0.4, 0.5) is 37.7 Å². The number of aryl methyl sites for hydroxylation is 4. The van der Waals surface area contributed by atoms with E-state index in [0.29, 0.717) is 22.3 Å². The molecule has 0 fully saturated rings. The van der Waals surface area contributed by atoms with E-state index in [4.69, 9.17) is 20.9 Å². The molecule has 10 heteroatoms. The molecule has 0 atom stereocenters. The van der Waals surface area contributed by atoms with Gasteiger partial charge in [0.15, 0.2) is 0 Å².